The van der Waals surface area contributed by atoms with Crippen molar-refractivity contribution in [3.8, 4) is 0 Å². The lowest BCUT2D eigenvalue weighted by Gasteiger charge is -2.37. The molecule has 0 amide bonds. The fraction of sp³-hybridized carbons (Fsp3) is 0.667. The Balaban J connectivity index is 1.89. The maximum absolute atomic E-state index is 10.7. The summed E-state index contributed by atoms with van der Waals surface area (Å²) in [5, 5.41) is 15.1. The van der Waals surface area contributed by atoms with Crippen molar-refractivity contribution in [2.75, 3.05) is 6.54 Å². The molecular formula is C18H28ClNO. The molecule has 0 spiro atoms. The highest BCUT2D eigenvalue weighted by molar-refractivity contribution is 6.30. The molecule has 0 heterocycles. The number of halogens is 1. The van der Waals surface area contributed by atoms with Crippen molar-refractivity contribution >= 4 is 11.6 Å². The van der Waals surface area contributed by atoms with Gasteiger partial charge in [-0.3, -0.25) is 0 Å². The number of nitrogens with one attached hydrogen (secondary N) is 1. The van der Waals surface area contributed by atoms with Crippen molar-refractivity contribution < 1.29 is 5.11 Å². The fourth-order valence-electron chi connectivity index (χ4n) is 3.31. The van der Waals surface area contributed by atoms with Gasteiger partial charge in [0.15, 0.2) is 0 Å². The molecule has 1 fully saturated rings. The first kappa shape index (κ1) is 16.8. The Morgan fingerprint density at radius 1 is 1.24 bits per heavy atom. The van der Waals surface area contributed by atoms with Gasteiger partial charge in [-0.15, -0.1) is 0 Å². The van der Waals surface area contributed by atoms with Crippen LogP contribution in [0.25, 0.3) is 0 Å². The van der Waals surface area contributed by atoms with Crippen LogP contribution in [0, 0.1) is 5.92 Å². The van der Waals surface area contributed by atoms with E-state index in [1.54, 1.807) is 0 Å². The second-order valence-corrected chi connectivity index (χ2v) is 6.91. The summed E-state index contributed by atoms with van der Waals surface area (Å²) in [6, 6.07) is 8.30. The second-order valence-electron chi connectivity index (χ2n) is 6.47. The predicted octanol–water partition coefficient (Wildman–Crippen LogP) is 4.71. The molecule has 0 aromatic heterocycles. The maximum Gasteiger partial charge on any atom is 0.0772 e. The SMILES string of the molecule is CCC1CCC(O)(CNC(CC)c2ccc(Cl)cc2)CC1. The first-order valence-electron chi connectivity index (χ1n) is 8.27. The molecule has 118 valence electrons. The lowest BCUT2D eigenvalue weighted by atomic mass is 9.77. The third kappa shape index (κ3) is 4.70. The average molecular weight is 310 g/mol. The van der Waals surface area contributed by atoms with Crippen LogP contribution >= 0.6 is 11.6 Å². The lowest BCUT2D eigenvalue weighted by Crippen LogP contribution is -2.44. The number of benzene rings is 1. The minimum Gasteiger partial charge on any atom is -0.389 e. The van der Waals surface area contributed by atoms with E-state index in [0.29, 0.717) is 6.54 Å². The van der Waals surface area contributed by atoms with Crippen molar-refractivity contribution in [2.45, 2.75) is 64.0 Å². The maximum atomic E-state index is 10.7. The minimum absolute atomic E-state index is 0.287. The molecule has 1 aromatic carbocycles. The van der Waals surface area contributed by atoms with Gasteiger partial charge in [-0.25, -0.2) is 0 Å². The normalized spacial score (nSPS) is 27.5. The summed E-state index contributed by atoms with van der Waals surface area (Å²) in [7, 11) is 0. The van der Waals surface area contributed by atoms with Crippen LogP contribution in [0.5, 0.6) is 0 Å². The van der Waals surface area contributed by atoms with E-state index in [0.717, 1.165) is 43.0 Å². The fourth-order valence-corrected chi connectivity index (χ4v) is 3.43. The highest BCUT2D eigenvalue weighted by Gasteiger charge is 2.32. The first-order chi connectivity index (χ1) is 10.1. The molecule has 1 saturated carbocycles. The molecule has 3 heteroatoms. The number of aliphatic hydroxyl groups is 1. The van der Waals surface area contributed by atoms with Crippen LogP contribution in [-0.2, 0) is 0 Å². The largest absolute Gasteiger partial charge is 0.389 e. The van der Waals surface area contributed by atoms with Crippen LogP contribution in [-0.4, -0.2) is 17.3 Å². The molecule has 0 bridgehead atoms. The zero-order valence-corrected chi connectivity index (χ0v) is 14.0. The smallest absolute Gasteiger partial charge is 0.0772 e. The zero-order chi connectivity index (χ0) is 15.3. The molecular weight excluding hydrogens is 282 g/mol. The van der Waals surface area contributed by atoms with Crippen LogP contribution in [0.3, 0.4) is 0 Å². The molecule has 1 unspecified atom stereocenters. The van der Waals surface area contributed by atoms with Gasteiger partial charge < -0.3 is 10.4 Å². The van der Waals surface area contributed by atoms with Crippen molar-refractivity contribution in [2.24, 2.45) is 5.92 Å². The van der Waals surface area contributed by atoms with Gasteiger partial charge in [0, 0.05) is 17.6 Å². The average Bonchev–Trinajstić information content (AvgIpc) is 2.50. The highest BCUT2D eigenvalue weighted by atomic mass is 35.5. The third-order valence-electron chi connectivity index (χ3n) is 4.97. The van der Waals surface area contributed by atoms with Gasteiger partial charge >= 0.3 is 0 Å². The van der Waals surface area contributed by atoms with Crippen LogP contribution in [0.4, 0.5) is 0 Å². The Hall–Kier alpha value is -0.570. The van der Waals surface area contributed by atoms with Gasteiger partial charge in [0.25, 0.3) is 0 Å². The summed E-state index contributed by atoms with van der Waals surface area (Å²) in [6.45, 7) is 5.11. The minimum atomic E-state index is -0.522. The first-order valence-corrected chi connectivity index (χ1v) is 8.65. The van der Waals surface area contributed by atoms with Crippen LogP contribution in [0.15, 0.2) is 24.3 Å². The molecule has 2 N–H and O–H groups in total. The Bertz CT molecular complexity index is 423. The Morgan fingerprint density at radius 3 is 2.38 bits per heavy atom. The van der Waals surface area contributed by atoms with Crippen LogP contribution in [0.1, 0.15) is 64.0 Å². The molecule has 0 saturated heterocycles. The summed E-state index contributed by atoms with van der Waals surface area (Å²) in [4.78, 5) is 0. The molecule has 21 heavy (non-hydrogen) atoms. The zero-order valence-electron chi connectivity index (χ0n) is 13.2. The van der Waals surface area contributed by atoms with Crippen molar-refractivity contribution in [3.05, 3.63) is 34.9 Å². The summed E-state index contributed by atoms with van der Waals surface area (Å²) in [5.41, 5.74) is 0.721. The lowest BCUT2D eigenvalue weighted by molar-refractivity contribution is -0.0108. The molecule has 2 nitrogen and oxygen atoms in total. The summed E-state index contributed by atoms with van der Waals surface area (Å²) in [5.74, 6) is 0.809. The Morgan fingerprint density at radius 2 is 1.86 bits per heavy atom. The summed E-state index contributed by atoms with van der Waals surface area (Å²) in [6.07, 6.45) is 6.42. The Kier molecular flexibility index (Phi) is 6.09. The molecule has 0 aliphatic heterocycles. The van der Waals surface area contributed by atoms with Crippen LogP contribution < -0.4 is 5.32 Å². The quantitative estimate of drug-likeness (QED) is 0.797. The van der Waals surface area contributed by atoms with Crippen molar-refractivity contribution in [1.82, 2.24) is 5.32 Å². The summed E-state index contributed by atoms with van der Waals surface area (Å²) >= 11 is 5.95. The van der Waals surface area contributed by atoms with Gasteiger partial charge in [-0.1, -0.05) is 44.0 Å². The van der Waals surface area contributed by atoms with E-state index in [2.05, 4.69) is 31.3 Å². The predicted molar refractivity (Wildman–Crippen MR) is 89.7 cm³/mol. The number of hydrogen-bond acceptors (Lipinski definition) is 2. The standard InChI is InChI=1S/C18H28ClNO/c1-3-14-9-11-18(21,12-10-14)13-20-17(4-2)15-5-7-16(19)8-6-15/h5-8,14,17,20-21H,3-4,9-13H2,1-2H3. The second kappa shape index (κ2) is 7.62. The number of hydrogen-bond donors (Lipinski definition) is 2. The van der Waals surface area contributed by atoms with Crippen LogP contribution in [0.2, 0.25) is 5.02 Å². The monoisotopic (exact) mass is 309 g/mol. The molecule has 1 atom stereocenters. The van der Waals surface area contributed by atoms with Gasteiger partial charge in [0.05, 0.1) is 5.60 Å². The van der Waals surface area contributed by atoms with E-state index in [1.807, 2.05) is 12.1 Å². The van der Waals surface area contributed by atoms with E-state index < -0.39 is 5.60 Å². The van der Waals surface area contributed by atoms with Gasteiger partial charge in [-0.05, 0) is 55.7 Å². The van der Waals surface area contributed by atoms with Crippen molar-refractivity contribution in [3.63, 3.8) is 0 Å². The molecule has 1 aromatic rings. The van der Waals surface area contributed by atoms with E-state index in [4.69, 9.17) is 11.6 Å². The topological polar surface area (TPSA) is 32.3 Å². The number of rotatable bonds is 6. The highest BCUT2D eigenvalue weighted by Crippen LogP contribution is 2.33. The Labute approximate surface area is 133 Å². The summed E-state index contributed by atoms with van der Waals surface area (Å²) < 4.78 is 0. The van der Waals surface area contributed by atoms with E-state index >= 15 is 0 Å². The van der Waals surface area contributed by atoms with Gasteiger partial charge in [0.2, 0.25) is 0 Å². The van der Waals surface area contributed by atoms with E-state index in [9.17, 15) is 5.11 Å². The van der Waals surface area contributed by atoms with Gasteiger partial charge in [-0.2, -0.15) is 0 Å². The van der Waals surface area contributed by atoms with E-state index in [-0.39, 0.29) is 6.04 Å². The molecule has 2 rings (SSSR count). The molecule has 1 aliphatic carbocycles. The molecule has 0 radical (unpaired) electrons. The molecule has 1 aliphatic rings. The third-order valence-corrected chi connectivity index (χ3v) is 5.22. The van der Waals surface area contributed by atoms with E-state index in [1.165, 1.54) is 12.0 Å². The van der Waals surface area contributed by atoms with Crippen molar-refractivity contribution in [1.29, 1.82) is 0 Å². The van der Waals surface area contributed by atoms with Gasteiger partial charge in [0.1, 0.15) is 0 Å².